The Hall–Kier alpha value is -0.490. The van der Waals surface area contributed by atoms with Gasteiger partial charge >= 0.3 is 34.2 Å². The molecule has 1 heterocycles. The molecule has 1 atom stereocenters. The van der Waals surface area contributed by atoms with Crippen molar-refractivity contribution >= 4 is 11.8 Å². The zero-order chi connectivity index (χ0) is 15.7. The van der Waals surface area contributed by atoms with Crippen molar-refractivity contribution in [3.05, 3.63) is 0 Å². The van der Waals surface area contributed by atoms with E-state index >= 15 is 0 Å². The number of alkyl halides is 12. The zero-order valence-electron chi connectivity index (χ0n) is 7.94. The summed E-state index contributed by atoms with van der Waals surface area (Å²) in [6.45, 7) is 0. The van der Waals surface area contributed by atoms with Crippen molar-refractivity contribution < 1.29 is 52.7 Å². The van der Waals surface area contributed by atoms with Crippen LogP contribution in [0, 0.1) is 0 Å². The molecule has 0 N–H and O–H groups in total. The monoisotopic (exact) mass is 332 g/mol. The summed E-state index contributed by atoms with van der Waals surface area (Å²) >= 11 is -2.89. The van der Waals surface area contributed by atoms with E-state index in [1.165, 1.54) is 0 Å². The van der Waals surface area contributed by atoms with E-state index in [1.54, 1.807) is 0 Å². The van der Waals surface area contributed by atoms with Gasteiger partial charge in [-0.1, -0.05) is 0 Å². The molecule has 1 rings (SSSR count). The lowest BCUT2D eigenvalue weighted by Crippen LogP contribution is -2.75. The molecule has 0 saturated carbocycles. The fraction of sp³-hybridized carbons (Fsp3) is 1.00. The van der Waals surface area contributed by atoms with Gasteiger partial charge in [-0.2, -0.15) is 48.3 Å². The van der Waals surface area contributed by atoms with Gasteiger partial charge < -0.3 is 0 Å². The molecule has 0 aromatic heterocycles. The van der Waals surface area contributed by atoms with Crippen molar-refractivity contribution in [1.29, 1.82) is 0 Å². The molecule has 0 bridgehead atoms. The van der Waals surface area contributed by atoms with Gasteiger partial charge in [0.25, 0.3) is 0 Å². The van der Waals surface area contributed by atoms with Crippen LogP contribution in [0.4, 0.5) is 52.7 Å². The maximum absolute atomic E-state index is 13.0. The summed E-state index contributed by atoms with van der Waals surface area (Å²) in [5.41, 5.74) is 0. The third-order valence-electron chi connectivity index (χ3n) is 2.19. The van der Waals surface area contributed by atoms with E-state index in [0.29, 0.717) is 0 Å². The van der Waals surface area contributed by atoms with Crippen LogP contribution in [0.1, 0.15) is 0 Å². The zero-order valence-corrected chi connectivity index (χ0v) is 8.76. The quantitative estimate of drug-likeness (QED) is 0.590. The van der Waals surface area contributed by atoms with Gasteiger partial charge in [-0.05, 0) is 11.8 Å². The molecule has 0 aliphatic carbocycles. The minimum Gasteiger partial charge on any atom is -0.214 e. The Morgan fingerprint density at radius 1 is 0.579 bits per heavy atom. The molecule has 0 amide bonds. The van der Waals surface area contributed by atoms with E-state index in [4.69, 9.17) is 0 Å². The lowest BCUT2D eigenvalue weighted by Gasteiger charge is -2.48. The summed E-state index contributed by atoms with van der Waals surface area (Å²) in [6, 6.07) is 0. The van der Waals surface area contributed by atoms with Crippen LogP contribution in [-0.2, 0) is 0 Å². The highest BCUT2D eigenvalue weighted by molar-refractivity contribution is 8.01. The standard InChI is InChI=1S/C6F12S/c7-1(8)2(9,10)4(13,5(14,15)16)19-6(17,18)3(1,11)12. The van der Waals surface area contributed by atoms with Crippen molar-refractivity contribution in [2.24, 2.45) is 0 Å². The molecular weight excluding hydrogens is 332 g/mol. The molecule has 0 radical (unpaired) electrons. The predicted octanol–water partition coefficient (Wildman–Crippen LogP) is 4.46. The molecule has 1 fully saturated rings. The van der Waals surface area contributed by atoms with Crippen LogP contribution in [0.2, 0.25) is 0 Å². The van der Waals surface area contributed by atoms with Crippen LogP contribution < -0.4 is 0 Å². The summed E-state index contributed by atoms with van der Waals surface area (Å²) in [5, 5.41) is -12.9. The van der Waals surface area contributed by atoms with Crippen molar-refractivity contribution in [1.82, 2.24) is 0 Å². The van der Waals surface area contributed by atoms with E-state index in [2.05, 4.69) is 0 Å². The number of hydrogen-bond donors (Lipinski definition) is 0. The molecule has 114 valence electrons. The summed E-state index contributed by atoms with van der Waals surface area (Å²) in [6.07, 6.45) is -6.93. The smallest absolute Gasteiger partial charge is 0.214 e. The molecule has 0 aromatic rings. The highest BCUT2D eigenvalue weighted by atomic mass is 32.2. The maximum atomic E-state index is 13.0. The molecule has 0 nitrogen and oxygen atoms in total. The molecule has 1 aliphatic heterocycles. The van der Waals surface area contributed by atoms with E-state index in [-0.39, 0.29) is 0 Å². The summed E-state index contributed by atoms with van der Waals surface area (Å²) in [5.74, 6) is -21.2. The van der Waals surface area contributed by atoms with Gasteiger partial charge in [-0.15, -0.1) is 0 Å². The van der Waals surface area contributed by atoms with Gasteiger partial charge in [0, 0.05) is 0 Å². The molecule has 1 aliphatic rings. The predicted molar refractivity (Wildman–Crippen MR) is 37.3 cm³/mol. The molecule has 0 aromatic carbocycles. The highest BCUT2D eigenvalue weighted by Gasteiger charge is 2.96. The molecule has 13 heteroatoms. The first-order valence-electron chi connectivity index (χ1n) is 3.93. The van der Waals surface area contributed by atoms with E-state index in [9.17, 15) is 52.7 Å². The fourth-order valence-corrected chi connectivity index (χ4v) is 2.10. The Balaban J connectivity index is 3.60. The van der Waals surface area contributed by atoms with Crippen LogP contribution in [-0.4, -0.2) is 34.2 Å². The molecule has 1 saturated heterocycles. The lowest BCUT2D eigenvalue weighted by atomic mass is 9.98. The largest absolute Gasteiger partial charge is 0.438 e. The van der Waals surface area contributed by atoms with Crippen LogP contribution in [0.25, 0.3) is 0 Å². The van der Waals surface area contributed by atoms with Crippen LogP contribution >= 0.6 is 11.8 Å². The molecule has 1 unspecified atom stereocenters. The first-order chi connectivity index (χ1) is 7.96. The van der Waals surface area contributed by atoms with Crippen molar-refractivity contribution in [3.8, 4) is 0 Å². The van der Waals surface area contributed by atoms with E-state index in [0.717, 1.165) is 0 Å². The number of thioether (sulfide) groups is 1. The second-order valence-corrected chi connectivity index (χ2v) is 4.71. The van der Waals surface area contributed by atoms with Crippen LogP contribution in [0.5, 0.6) is 0 Å². The van der Waals surface area contributed by atoms with E-state index < -0.39 is 46.0 Å². The van der Waals surface area contributed by atoms with Gasteiger partial charge in [0.2, 0.25) is 0 Å². The first-order valence-corrected chi connectivity index (χ1v) is 4.74. The van der Waals surface area contributed by atoms with Crippen molar-refractivity contribution in [2.45, 2.75) is 34.2 Å². The first kappa shape index (κ1) is 16.6. The Morgan fingerprint density at radius 3 is 1.26 bits per heavy atom. The van der Waals surface area contributed by atoms with Crippen molar-refractivity contribution in [2.75, 3.05) is 0 Å². The summed E-state index contributed by atoms with van der Waals surface area (Å²) in [4.78, 5) is 0. The third kappa shape index (κ3) is 1.65. The minimum atomic E-state index is -7.24. The van der Waals surface area contributed by atoms with Crippen LogP contribution in [0.15, 0.2) is 0 Å². The van der Waals surface area contributed by atoms with E-state index in [1.807, 2.05) is 0 Å². The van der Waals surface area contributed by atoms with Gasteiger partial charge in [0.1, 0.15) is 0 Å². The Bertz CT molecular complexity index is 382. The topological polar surface area (TPSA) is 0 Å². The third-order valence-corrected chi connectivity index (χ3v) is 3.47. The van der Waals surface area contributed by atoms with Crippen molar-refractivity contribution in [3.63, 3.8) is 0 Å². The van der Waals surface area contributed by atoms with Gasteiger partial charge in [0.15, 0.2) is 0 Å². The van der Waals surface area contributed by atoms with Gasteiger partial charge in [0.05, 0.1) is 0 Å². The number of rotatable bonds is 0. The lowest BCUT2D eigenvalue weighted by molar-refractivity contribution is -0.398. The molecule has 0 spiro atoms. The normalized spacial score (nSPS) is 36.0. The second kappa shape index (κ2) is 3.58. The molecule has 19 heavy (non-hydrogen) atoms. The Labute approximate surface area is 99.7 Å². The Morgan fingerprint density at radius 2 is 0.947 bits per heavy atom. The second-order valence-electron chi connectivity index (χ2n) is 3.44. The minimum absolute atomic E-state index is 2.89. The molecular formula is C6F12S. The van der Waals surface area contributed by atoms with Gasteiger partial charge in [-0.25, -0.2) is 4.39 Å². The average Bonchev–Trinajstić information content (AvgIpc) is 2.12. The summed E-state index contributed by atoms with van der Waals surface area (Å²) in [7, 11) is 0. The SMILES string of the molecule is FC(F)(F)C1(F)SC(F)(F)C(F)(F)C(F)(F)C1(F)F. The number of halogens is 12. The number of hydrogen-bond acceptors (Lipinski definition) is 1. The highest BCUT2D eigenvalue weighted by Crippen LogP contribution is 2.71. The Kier molecular flexibility index (Phi) is 3.12. The van der Waals surface area contributed by atoms with Gasteiger partial charge in [-0.3, -0.25) is 0 Å². The maximum Gasteiger partial charge on any atom is 0.438 e. The fourth-order valence-electron chi connectivity index (χ4n) is 1.12. The average molecular weight is 332 g/mol. The summed E-state index contributed by atoms with van der Waals surface area (Å²) < 4.78 is 149. The van der Waals surface area contributed by atoms with Crippen LogP contribution in [0.3, 0.4) is 0 Å².